The number of unbranched alkanes of at least 4 members (excludes halogenated alkanes) is 1. The second kappa shape index (κ2) is 9.52. The molecule has 26 heavy (non-hydrogen) atoms. The zero-order chi connectivity index (χ0) is 19.1. The van der Waals surface area contributed by atoms with Crippen LogP contribution in [0.4, 0.5) is 11.4 Å². The highest BCUT2D eigenvalue weighted by Crippen LogP contribution is 2.32. The molecule has 1 saturated heterocycles. The minimum Gasteiger partial charge on any atom is -0.366 e. The highest BCUT2D eigenvalue weighted by atomic mass is 16.6. The number of nitro benzene ring substituents is 1. The molecule has 7 nitrogen and oxygen atoms in total. The van der Waals surface area contributed by atoms with Crippen molar-refractivity contribution in [2.75, 3.05) is 24.5 Å². The van der Waals surface area contributed by atoms with E-state index in [-0.39, 0.29) is 17.6 Å². The van der Waals surface area contributed by atoms with Crippen LogP contribution in [0.5, 0.6) is 0 Å². The number of nitro groups is 1. The average Bonchev–Trinajstić information content (AvgIpc) is 2.65. The monoisotopic (exact) mass is 362 g/mol. The van der Waals surface area contributed by atoms with Crippen LogP contribution < -0.4 is 16.0 Å². The molecule has 3 N–H and O–H groups in total. The minimum absolute atomic E-state index is 0.00920. The molecule has 1 aliphatic rings. The van der Waals surface area contributed by atoms with Gasteiger partial charge in [-0.1, -0.05) is 26.7 Å². The number of benzene rings is 1. The Morgan fingerprint density at radius 3 is 2.69 bits per heavy atom. The van der Waals surface area contributed by atoms with E-state index in [0.717, 1.165) is 45.2 Å². The molecule has 7 heteroatoms. The van der Waals surface area contributed by atoms with Gasteiger partial charge < -0.3 is 16.0 Å². The van der Waals surface area contributed by atoms with E-state index in [4.69, 9.17) is 5.73 Å². The molecule has 144 valence electrons. The number of anilines is 1. The molecule has 0 bridgehead atoms. The number of carbonyl (C=O) groups excluding carboxylic acids is 1. The van der Waals surface area contributed by atoms with Crippen molar-refractivity contribution in [2.24, 2.45) is 11.7 Å². The molecule has 1 aromatic rings. The lowest BCUT2D eigenvalue weighted by Gasteiger charge is -2.31. The topological polar surface area (TPSA) is 102 Å². The van der Waals surface area contributed by atoms with Crippen LogP contribution in [0.15, 0.2) is 18.2 Å². The molecular weight excluding hydrogens is 332 g/mol. The molecule has 1 amide bonds. The van der Waals surface area contributed by atoms with Crippen LogP contribution in [-0.4, -0.2) is 36.5 Å². The Bertz CT molecular complexity index is 627. The largest absolute Gasteiger partial charge is 0.366 e. The van der Waals surface area contributed by atoms with Gasteiger partial charge in [0.2, 0.25) is 0 Å². The summed E-state index contributed by atoms with van der Waals surface area (Å²) in [4.78, 5) is 25.7. The third kappa shape index (κ3) is 5.17. The third-order valence-electron chi connectivity index (χ3n) is 5.08. The van der Waals surface area contributed by atoms with Crippen molar-refractivity contribution in [3.05, 3.63) is 33.9 Å². The van der Waals surface area contributed by atoms with Gasteiger partial charge in [0.15, 0.2) is 0 Å². The number of hydrogen-bond donors (Lipinski definition) is 2. The quantitative estimate of drug-likeness (QED) is 0.546. The van der Waals surface area contributed by atoms with Gasteiger partial charge >= 0.3 is 0 Å². The van der Waals surface area contributed by atoms with Crippen molar-refractivity contribution >= 4 is 17.3 Å². The lowest BCUT2D eigenvalue weighted by molar-refractivity contribution is -0.384. The Morgan fingerprint density at radius 1 is 1.42 bits per heavy atom. The molecule has 1 unspecified atom stereocenters. The molecule has 0 aromatic heterocycles. The summed E-state index contributed by atoms with van der Waals surface area (Å²) in [6.07, 6.45) is 4.87. The summed E-state index contributed by atoms with van der Waals surface area (Å²) in [5.41, 5.74) is 6.62. The Kier molecular flexibility index (Phi) is 7.38. The predicted octanol–water partition coefficient (Wildman–Crippen LogP) is 3.08. The summed E-state index contributed by atoms with van der Waals surface area (Å²) >= 11 is 0. The fraction of sp³-hybridized carbons (Fsp3) is 0.632. The van der Waals surface area contributed by atoms with Crippen molar-refractivity contribution in [1.82, 2.24) is 5.32 Å². The number of nitrogens with one attached hydrogen (secondary N) is 1. The van der Waals surface area contributed by atoms with Crippen molar-refractivity contribution < 1.29 is 9.72 Å². The summed E-state index contributed by atoms with van der Waals surface area (Å²) in [6.45, 7) is 6.25. The summed E-state index contributed by atoms with van der Waals surface area (Å²) in [5, 5.41) is 14.4. The van der Waals surface area contributed by atoms with Crippen molar-refractivity contribution in [1.29, 1.82) is 0 Å². The SMILES string of the molecule is CCCCC(CN)NC(=O)c1ccc(N2CCC(C)CC2)c([N+](=O)[O-])c1. The molecule has 0 spiro atoms. The number of rotatable bonds is 8. The van der Waals surface area contributed by atoms with Gasteiger partial charge in [0.25, 0.3) is 11.6 Å². The van der Waals surface area contributed by atoms with Gasteiger partial charge in [-0.3, -0.25) is 14.9 Å². The lowest BCUT2D eigenvalue weighted by atomic mass is 9.98. The zero-order valence-corrected chi connectivity index (χ0v) is 15.7. The maximum Gasteiger partial charge on any atom is 0.293 e. The van der Waals surface area contributed by atoms with Crippen LogP contribution >= 0.6 is 0 Å². The van der Waals surface area contributed by atoms with Gasteiger partial charge in [0, 0.05) is 37.3 Å². The van der Waals surface area contributed by atoms with E-state index in [9.17, 15) is 14.9 Å². The highest BCUT2D eigenvalue weighted by molar-refractivity contribution is 5.96. The molecule has 1 aromatic carbocycles. The maximum atomic E-state index is 12.5. The van der Waals surface area contributed by atoms with E-state index in [1.54, 1.807) is 12.1 Å². The van der Waals surface area contributed by atoms with Crippen molar-refractivity contribution in [2.45, 2.75) is 52.0 Å². The molecule has 0 radical (unpaired) electrons. The molecule has 1 aliphatic heterocycles. The first-order chi connectivity index (χ1) is 12.5. The number of nitrogens with two attached hydrogens (primary N) is 1. The average molecular weight is 362 g/mol. The van der Waals surface area contributed by atoms with Crippen molar-refractivity contribution in [3.8, 4) is 0 Å². The van der Waals surface area contributed by atoms with Gasteiger partial charge in [-0.25, -0.2) is 0 Å². The van der Waals surface area contributed by atoms with E-state index < -0.39 is 4.92 Å². The number of hydrogen-bond acceptors (Lipinski definition) is 5. The smallest absolute Gasteiger partial charge is 0.293 e. The van der Waals surface area contributed by atoms with Crippen LogP contribution in [0.3, 0.4) is 0 Å². The number of carbonyl (C=O) groups is 1. The summed E-state index contributed by atoms with van der Waals surface area (Å²) in [6, 6.07) is 4.65. The fourth-order valence-electron chi connectivity index (χ4n) is 3.30. The van der Waals surface area contributed by atoms with E-state index in [1.165, 1.54) is 6.07 Å². The van der Waals surface area contributed by atoms with Crippen LogP contribution in [0, 0.1) is 16.0 Å². The molecule has 1 heterocycles. The number of nitrogens with zero attached hydrogens (tertiary/aromatic N) is 2. The molecular formula is C19H30N4O3. The van der Waals surface area contributed by atoms with Gasteiger partial charge in [0.05, 0.1) is 4.92 Å². The minimum atomic E-state index is -0.401. The third-order valence-corrected chi connectivity index (χ3v) is 5.08. The molecule has 0 aliphatic carbocycles. The van der Waals surface area contributed by atoms with Crippen LogP contribution in [0.1, 0.15) is 56.3 Å². The van der Waals surface area contributed by atoms with E-state index in [1.807, 2.05) is 4.90 Å². The Hall–Kier alpha value is -2.15. The second-order valence-electron chi connectivity index (χ2n) is 7.18. The Labute approximate surface area is 155 Å². The fourth-order valence-corrected chi connectivity index (χ4v) is 3.30. The Balaban J connectivity index is 2.16. The number of amides is 1. The maximum absolute atomic E-state index is 12.5. The molecule has 0 saturated carbocycles. The summed E-state index contributed by atoms with van der Waals surface area (Å²) in [7, 11) is 0. The lowest BCUT2D eigenvalue weighted by Crippen LogP contribution is -2.40. The molecule has 1 fully saturated rings. The van der Waals surface area contributed by atoms with Crippen LogP contribution in [-0.2, 0) is 0 Å². The van der Waals surface area contributed by atoms with Crippen LogP contribution in [0.25, 0.3) is 0 Å². The Morgan fingerprint density at radius 2 is 2.12 bits per heavy atom. The van der Waals surface area contributed by atoms with Crippen molar-refractivity contribution in [3.63, 3.8) is 0 Å². The molecule has 1 atom stereocenters. The van der Waals surface area contributed by atoms with Gasteiger partial charge in [0.1, 0.15) is 5.69 Å². The first kappa shape index (κ1) is 20.2. The zero-order valence-electron chi connectivity index (χ0n) is 15.7. The highest BCUT2D eigenvalue weighted by Gasteiger charge is 2.25. The van der Waals surface area contributed by atoms with Gasteiger partial charge in [-0.15, -0.1) is 0 Å². The van der Waals surface area contributed by atoms with Crippen LogP contribution in [0.2, 0.25) is 0 Å². The van der Waals surface area contributed by atoms with E-state index in [0.29, 0.717) is 23.7 Å². The van der Waals surface area contributed by atoms with E-state index in [2.05, 4.69) is 19.2 Å². The summed E-state index contributed by atoms with van der Waals surface area (Å²) in [5.74, 6) is 0.338. The van der Waals surface area contributed by atoms with Gasteiger partial charge in [-0.05, 0) is 37.3 Å². The first-order valence-corrected chi connectivity index (χ1v) is 9.50. The second-order valence-corrected chi connectivity index (χ2v) is 7.18. The standard InChI is InChI=1S/C19H30N4O3/c1-3-4-5-16(13-20)21-19(24)15-6-7-17(18(12-15)23(25)26)22-10-8-14(2)9-11-22/h6-7,12,14,16H,3-5,8-11,13,20H2,1-2H3,(H,21,24). The number of piperidine rings is 1. The predicted molar refractivity (Wildman–Crippen MR) is 104 cm³/mol. The van der Waals surface area contributed by atoms with Gasteiger partial charge in [-0.2, -0.15) is 0 Å². The normalized spacial score (nSPS) is 16.3. The molecule has 2 rings (SSSR count). The van der Waals surface area contributed by atoms with E-state index >= 15 is 0 Å². The summed E-state index contributed by atoms with van der Waals surface area (Å²) < 4.78 is 0. The first-order valence-electron chi connectivity index (χ1n) is 9.50.